The fourth-order valence-corrected chi connectivity index (χ4v) is 3.23. The normalized spacial score (nSPS) is 12.3. The lowest BCUT2D eigenvalue weighted by Crippen LogP contribution is -2.17. The fourth-order valence-electron chi connectivity index (χ4n) is 2.56. The predicted octanol–water partition coefficient (Wildman–Crippen LogP) is 4.69. The highest BCUT2D eigenvalue weighted by molar-refractivity contribution is 7.98. The topological polar surface area (TPSA) is 12.0 Å². The van der Waals surface area contributed by atoms with Gasteiger partial charge in [0.15, 0.2) is 0 Å². The van der Waals surface area contributed by atoms with Crippen LogP contribution in [0.4, 0.5) is 0 Å². The summed E-state index contributed by atoms with van der Waals surface area (Å²) in [6, 6.07) is 19.9. The molecule has 106 valence electrons. The summed E-state index contributed by atoms with van der Waals surface area (Å²) in [7, 11) is 2.06. The quantitative estimate of drug-likeness (QED) is 0.741. The van der Waals surface area contributed by atoms with Crippen LogP contribution in [0.2, 0.25) is 0 Å². The molecule has 0 aliphatic carbocycles. The number of thioether (sulfide) groups is 1. The molecule has 0 amide bonds. The summed E-state index contributed by atoms with van der Waals surface area (Å²) in [6.07, 6.45) is 5.68. The Bertz CT molecular complexity index is 510. The fraction of sp³-hybridized carbons (Fsp3) is 0.333. The van der Waals surface area contributed by atoms with Crippen LogP contribution in [0, 0.1) is 0 Å². The zero-order valence-electron chi connectivity index (χ0n) is 12.3. The highest BCUT2D eigenvalue weighted by Gasteiger charge is 2.12. The van der Waals surface area contributed by atoms with Crippen molar-refractivity contribution < 1.29 is 0 Å². The molecular weight excluding hydrogens is 262 g/mol. The third-order valence-electron chi connectivity index (χ3n) is 3.66. The van der Waals surface area contributed by atoms with Crippen LogP contribution in [0.5, 0.6) is 0 Å². The Labute approximate surface area is 126 Å². The first-order chi connectivity index (χ1) is 9.85. The first kappa shape index (κ1) is 15.1. The van der Waals surface area contributed by atoms with Gasteiger partial charge in [-0.1, -0.05) is 48.5 Å². The van der Waals surface area contributed by atoms with Crippen molar-refractivity contribution in [1.82, 2.24) is 5.32 Å². The number of hydrogen-bond donors (Lipinski definition) is 1. The van der Waals surface area contributed by atoms with E-state index in [-0.39, 0.29) is 0 Å². The summed E-state index contributed by atoms with van der Waals surface area (Å²) < 4.78 is 0. The van der Waals surface area contributed by atoms with E-state index in [1.54, 1.807) is 0 Å². The molecule has 1 atom stereocenters. The average molecular weight is 285 g/mol. The van der Waals surface area contributed by atoms with Gasteiger partial charge in [-0.15, -0.1) is 11.8 Å². The molecule has 2 heteroatoms. The predicted molar refractivity (Wildman–Crippen MR) is 89.4 cm³/mol. The molecule has 1 N–H and O–H groups in total. The van der Waals surface area contributed by atoms with Crippen molar-refractivity contribution in [2.75, 3.05) is 13.3 Å². The number of aryl methyl sites for hydroxylation is 1. The molecule has 0 fully saturated rings. The third kappa shape index (κ3) is 4.12. The monoisotopic (exact) mass is 285 g/mol. The molecule has 2 aromatic rings. The lowest BCUT2D eigenvalue weighted by Gasteiger charge is -2.19. The Morgan fingerprint density at radius 2 is 1.70 bits per heavy atom. The van der Waals surface area contributed by atoms with Crippen molar-refractivity contribution in [3.05, 3.63) is 65.7 Å². The lowest BCUT2D eigenvalue weighted by molar-refractivity contribution is 0.520. The van der Waals surface area contributed by atoms with Gasteiger partial charge in [0.1, 0.15) is 0 Å². The van der Waals surface area contributed by atoms with E-state index >= 15 is 0 Å². The van der Waals surface area contributed by atoms with E-state index in [0.717, 1.165) is 6.42 Å². The van der Waals surface area contributed by atoms with E-state index in [1.165, 1.54) is 28.9 Å². The SMILES string of the molecule is CNC(CCCc1ccccc1)c1ccccc1SC. The Morgan fingerprint density at radius 3 is 2.40 bits per heavy atom. The Kier molecular flexibility index (Phi) is 6.16. The van der Waals surface area contributed by atoms with Crippen LogP contribution in [-0.2, 0) is 6.42 Å². The van der Waals surface area contributed by atoms with Crippen molar-refractivity contribution in [1.29, 1.82) is 0 Å². The minimum atomic E-state index is 0.447. The summed E-state index contributed by atoms with van der Waals surface area (Å²) in [5.41, 5.74) is 2.86. The van der Waals surface area contributed by atoms with Crippen molar-refractivity contribution in [3.63, 3.8) is 0 Å². The standard InChI is InChI=1S/C18H23NS/c1-19-17(16-12-6-7-14-18(16)20-2)13-8-11-15-9-4-3-5-10-15/h3-7,9-10,12,14,17,19H,8,11,13H2,1-2H3. The Hall–Kier alpha value is -1.25. The molecule has 0 bridgehead atoms. The van der Waals surface area contributed by atoms with Crippen LogP contribution in [0.25, 0.3) is 0 Å². The maximum Gasteiger partial charge on any atom is 0.0328 e. The first-order valence-electron chi connectivity index (χ1n) is 7.19. The van der Waals surface area contributed by atoms with Gasteiger partial charge in [-0.25, -0.2) is 0 Å². The lowest BCUT2D eigenvalue weighted by atomic mass is 9.99. The number of hydrogen-bond acceptors (Lipinski definition) is 2. The van der Waals surface area contributed by atoms with Crippen molar-refractivity contribution >= 4 is 11.8 Å². The second-order valence-electron chi connectivity index (χ2n) is 4.96. The van der Waals surface area contributed by atoms with Gasteiger partial charge >= 0.3 is 0 Å². The molecule has 0 aromatic heterocycles. The Morgan fingerprint density at radius 1 is 1.00 bits per heavy atom. The maximum absolute atomic E-state index is 3.47. The molecule has 2 rings (SSSR count). The largest absolute Gasteiger partial charge is 0.313 e. The molecule has 1 unspecified atom stereocenters. The van der Waals surface area contributed by atoms with E-state index in [1.807, 2.05) is 11.8 Å². The van der Waals surface area contributed by atoms with Gasteiger partial charge in [-0.2, -0.15) is 0 Å². The average Bonchev–Trinajstić information content (AvgIpc) is 2.53. The molecule has 0 aliphatic rings. The summed E-state index contributed by atoms with van der Waals surface area (Å²) in [4.78, 5) is 1.38. The van der Waals surface area contributed by atoms with Gasteiger partial charge in [0.25, 0.3) is 0 Å². The second kappa shape index (κ2) is 8.13. The van der Waals surface area contributed by atoms with Gasteiger partial charge in [-0.3, -0.25) is 0 Å². The highest BCUT2D eigenvalue weighted by Crippen LogP contribution is 2.28. The minimum Gasteiger partial charge on any atom is -0.313 e. The molecule has 0 saturated heterocycles. The van der Waals surface area contributed by atoms with Crippen molar-refractivity contribution in [2.45, 2.75) is 30.2 Å². The molecule has 0 spiro atoms. The first-order valence-corrected chi connectivity index (χ1v) is 8.41. The van der Waals surface area contributed by atoms with Gasteiger partial charge < -0.3 is 5.32 Å². The van der Waals surface area contributed by atoms with Gasteiger partial charge in [-0.05, 0) is 49.8 Å². The molecular formula is C18H23NS. The van der Waals surface area contributed by atoms with Crippen molar-refractivity contribution in [3.8, 4) is 0 Å². The van der Waals surface area contributed by atoms with E-state index in [0.29, 0.717) is 6.04 Å². The number of rotatable bonds is 7. The minimum absolute atomic E-state index is 0.447. The van der Waals surface area contributed by atoms with E-state index in [4.69, 9.17) is 0 Å². The maximum atomic E-state index is 3.47. The van der Waals surface area contributed by atoms with E-state index in [2.05, 4.69) is 73.2 Å². The smallest absolute Gasteiger partial charge is 0.0328 e. The van der Waals surface area contributed by atoms with Crippen LogP contribution < -0.4 is 5.32 Å². The molecule has 0 heterocycles. The molecule has 0 saturated carbocycles. The van der Waals surface area contributed by atoms with Crippen LogP contribution in [0.15, 0.2) is 59.5 Å². The van der Waals surface area contributed by atoms with Crippen LogP contribution in [0.1, 0.15) is 30.0 Å². The van der Waals surface area contributed by atoms with Crippen LogP contribution in [-0.4, -0.2) is 13.3 Å². The molecule has 20 heavy (non-hydrogen) atoms. The van der Waals surface area contributed by atoms with Gasteiger partial charge in [0, 0.05) is 10.9 Å². The molecule has 2 aromatic carbocycles. The zero-order valence-corrected chi connectivity index (χ0v) is 13.1. The zero-order chi connectivity index (χ0) is 14.2. The summed E-state index contributed by atoms with van der Waals surface area (Å²) >= 11 is 1.83. The molecule has 0 radical (unpaired) electrons. The van der Waals surface area contributed by atoms with Crippen LogP contribution in [0.3, 0.4) is 0 Å². The Balaban J connectivity index is 1.95. The summed E-state index contributed by atoms with van der Waals surface area (Å²) in [5.74, 6) is 0. The van der Waals surface area contributed by atoms with E-state index in [9.17, 15) is 0 Å². The highest BCUT2D eigenvalue weighted by atomic mass is 32.2. The summed E-state index contributed by atoms with van der Waals surface area (Å²) in [5, 5.41) is 3.47. The number of benzene rings is 2. The van der Waals surface area contributed by atoms with Crippen LogP contribution >= 0.6 is 11.8 Å². The summed E-state index contributed by atoms with van der Waals surface area (Å²) in [6.45, 7) is 0. The molecule has 1 nitrogen and oxygen atoms in total. The van der Waals surface area contributed by atoms with E-state index < -0.39 is 0 Å². The van der Waals surface area contributed by atoms with Gasteiger partial charge in [0.2, 0.25) is 0 Å². The number of nitrogens with one attached hydrogen (secondary N) is 1. The third-order valence-corrected chi connectivity index (χ3v) is 4.48. The van der Waals surface area contributed by atoms with Gasteiger partial charge in [0.05, 0.1) is 0 Å². The second-order valence-corrected chi connectivity index (χ2v) is 5.81. The van der Waals surface area contributed by atoms with Crippen molar-refractivity contribution in [2.24, 2.45) is 0 Å². The molecule has 0 aliphatic heterocycles.